The van der Waals surface area contributed by atoms with Crippen LogP contribution in [0.3, 0.4) is 0 Å². The van der Waals surface area contributed by atoms with E-state index in [1.807, 2.05) is 0 Å². The highest BCUT2D eigenvalue weighted by Gasteiger charge is 2.15. The second-order valence-electron chi connectivity index (χ2n) is 2.58. The van der Waals surface area contributed by atoms with E-state index >= 15 is 0 Å². The van der Waals surface area contributed by atoms with E-state index in [0.29, 0.717) is 0 Å². The first-order valence-electron chi connectivity index (χ1n) is 3.57. The number of amides is 1. The van der Waals surface area contributed by atoms with Gasteiger partial charge in [-0.05, 0) is 12.1 Å². The predicted molar refractivity (Wildman–Crippen MR) is 49.2 cm³/mol. The van der Waals surface area contributed by atoms with Crippen LogP contribution in [-0.4, -0.2) is 23.1 Å². The topological polar surface area (TPSA) is 110 Å². The van der Waals surface area contributed by atoms with E-state index in [-0.39, 0.29) is 16.7 Å². The second-order valence-corrected chi connectivity index (χ2v) is 2.58. The second kappa shape index (κ2) is 3.46. The molecule has 0 spiro atoms. The third-order valence-electron chi connectivity index (χ3n) is 1.65. The molecule has 5 nitrogen and oxygen atoms in total. The van der Waals surface area contributed by atoms with Crippen molar-refractivity contribution in [1.29, 1.82) is 0 Å². The van der Waals surface area contributed by atoms with Crippen LogP contribution in [0.2, 0.25) is 0 Å². The molecule has 0 unspecified atom stereocenters. The maximum Gasteiger partial charge on any atom is 0.490 e. The smallest absolute Gasteiger partial charge is 0.423 e. The molecule has 0 bridgehead atoms. The van der Waals surface area contributed by atoms with Crippen molar-refractivity contribution >= 4 is 24.2 Å². The number of anilines is 1. The molecule has 6 N–H and O–H groups in total. The Morgan fingerprint density at radius 1 is 1.38 bits per heavy atom. The molecule has 0 aliphatic rings. The number of benzene rings is 1. The van der Waals surface area contributed by atoms with Gasteiger partial charge >= 0.3 is 7.12 Å². The van der Waals surface area contributed by atoms with E-state index in [1.165, 1.54) is 18.2 Å². The van der Waals surface area contributed by atoms with E-state index in [4.69, 9.17) is 21.5 Å². The van der Waals surface area contributed by atoms with Crippen LogP contribution in [0.25, 0.3) is 0 Å². The van der Waals surface area contributed by atoms with Crippen LogP contribution >= 0.6 is 0 Å². The number of primary amides is 1. The SMILES string of the molecule is NC(=O)c1ccc(B(O)O)c(N)c1. The van der Waals surface area contributed by atoms with Gasteiger partial charge in [0.05, 0.1) is 0 Å². The van der Waals surface area contributed by atoms with Gasteiger partial charge in [0, 0.05) is 16.7 Å². The first-order chi connectivity index (χ1) is 6.02. The Labute approximate surface area is 75.1 Å². The average Bonchev–Trinajstić information content (AvgIpc) is 2.03. The number of carbonyl (C=O) groups is 1. The summed E-state index contributed by atoms with van der Waals surface area (Å²) in [6.45, 7) is 0. The van der Waals surface area contributed by atoms with Crippen molar-refractivity contribution in [2.45, 2.75) is 0 Å². The van der Waals surface area contributed by atoms with Gasteiger partial charge in [-0.25, -0.2) is 0 Å². The molecule has 0 aromatic heterocycles. The van der Waals surface area contributed by atoms with Gasteiger partial charge in [0.25, 0.3) is 0 Å². The molecule has 13 heavy (non-hydrogen) atoms. The Kier molecular flexibility index (Phi) is 2.55. The number of hydrogen-bond donors (Lipinski definition) is 4. The summed E-state index contributed by atoms with van der Waals surface area (Å²) in [5, 5.41) is 17.6. The van der Waals surface area contributed by atoms with Gasteiger partial charge in [-0.3, -0.25) is 4.79 Å². The molecule has 1 aromatic rings. The number of rotatable bonds is 2. The number of nitrogens with two attached hydrogens (primary N) is 2. The maximum absolute atomic E-state index is 10.7. The fourth-order valence-corrected chi connectivity index (χ4v) is 0.963. The summed E-state index contributed by atoms with van der Waals surface area (Å²) >= 11 is 0. The van der Waals surface area contributed by atoms with Gasteiger partial charge in [-0.2, -0.15) is 0 Å². The molecular weight excluding hydrogens is 171 g/mol. The van der Waals surface area contributed by atoms with E-state index < -0.39 is 13.0 Å². The molecular formula is C7H9BN2O3. The van der Waals surface area contributed by atoms with Gasteiger partial charge in [0.15, 0.2) is 0 Å². The minimum atomic E-state index is -1.64. The van der Waals surface area contributed by atoms with Crippen molar-refractivity contribution in [2.24, 2.45) is 5.73 Å². The molecule has 0 saturated carbocycles. The van der Waals surface area contributed by atoms with Gasteiger partial charge < -0.3 is 21.5 Å². The highest BCUT2D eigenvalue weighted by atomic mass is 16.4. The van der Waals surface area contributed by atoms with Crippen LogP contribution in [0.1, 0.15) is 10.4 Å². The van der Waals surface area contributed by atoms with Crippen molar-refractivity contribution < 1.29 is 14.8 Å². The van der Waals surface area contributed by atoms with Crippen molar-refractivity contribution in [3.05, 3.63) is 23.8 Å². The third-order valence-corrected chi connectivity index (χ3v) is 1.65. The monoisotopic (exact) mass is 180 g/mol. The quantitative estimate of drug-likeness (QED) is 0.313. The maximum atomic E-state index is 10.7. The minimum absolute atomic E-state index is 0.131. The molecule has 68 valence electrons. The lowest BCUT2D eigenvalue weighted by atomic mass is 9.78. The Balaban J connectivity index is 3.13. The van der Waals surface area contributed by atoms with Crippen LogP contribution in [0.4, 0.5) is 5.69 Å². The summed E-state index contributed by atoms with van der Waals surface area (Å²) in [5.74, 6) is -0.606. The van der Waals surface area contributed by atoms with Crippen molar-refractivity contribution in [1.82, 2.24) is 0 Å². The van der Waals surface area contributed by atoms with Crippen LogP contribution in [-0.2, 0) is 0 Å². The van der Waals surface area contributed by atoms with Crippen LogP contribution in [0, 0.1) is 0 Å². The molecule has 0 fully saturated rings. The van der Waals surface area contributed by atoms with Crippen molar-refractivity contribution in [2.75, 3.05) is 5.73 Å². The Morgan fingerprint density at radius 3 is 2.38 bits per heavy atom. The lowest BCUT2D eigenvalue weighted by Crippen LogP contribution is -2.32. The van der Waals surface area contributed by atoms with Gasteiger partial charge in [0.1, 0.15) is 0 Å². The van der Waals surface area contributed by atoms with Crippen LogP contribution in [0.5, 0.6) is 0 Å². The number of carbonyl (C=O) groups excluding carboxylic acids is 1. The Hall–Kier alpha value is -1.53. The predicted octanol–water partition coefficient (Wildman–Crippen LogP) is -1.95. The summed E-state index contributed by atoms with van der Waals surface area (Å²) in [6.07, 6.45) is 0. The molecule has 6 heteroatoms. The first-order valence-corrected chi connectivity index (χ1v) is 3.57. The zero-order valence-corrected chi connectivity index (χ0v) is 6.77. The van der Waals surface area contributed by atoms with Crippen LogP contribution < -0.4 is 16.9 Å². The molecule has 0 radical (unpaired) electrons. The third kappa shape index (κ3) is 1.98. The summed E-state index contributed by atoms with van der Waals surface area (Å²) in [6, 6.07) is 4.03. The fraction of sp³-hybridized carbons (Fsp3) is 0. The van der Waals surface area contributed by atoms with Crippen LogP contribution in [0.15, 0.2) is 18.2 Å². The molecule has 0 saturated heterocycles. The fourth-order valence-electron chi connectivity index (χ4n) is 0.963. The zero-order valence-electron chi connectivity index (χ0n) is 6.77. The van der Waals surface area contributed by atoms with E-state index in [0.717, 1.165) is 0 Å². The summed E-state index contributed by atoms with van der Waals surface area (Å²) in [4.78, 5) is 10.7. The number of hydrogen-bond acceptors (Lipinski definition) is 4. The summed E-state index contributed by atoms with van der Waals surface area (Å²) < 4.78 is 0. The van der Waals surface area contributed by atoms with E-state index in [1.54, 1.807) is 0 Å². The molecule has 1 aromatic carbocycles. The largest absolute Gasteiger partial charge is 0.490 e. The minimum Gasteiger partial charge on any atom is -0.423 e. The highest BCUT2D eigenvalue weighted by Crippen LogP contribution is 2.04. The molecule has 1 amide bonds. The molecule has 0 heterocycles. The molecule has 0 atom stereocenters. The highest BCUT2D eigenvalue weighted by molar-refractivity contribution is 6.60. The van der Waals surface area contributed by atoms with E-state index in [9.17, 15) is 4.79 Å². The van der Waals surface area contributed by atoms with Crippen molar-refractivity contribution in [3.63, 3.8) is 0 Å². The summed E-state index contributed by atoms with van der Waals surface area (Å²) in [5.41, 5.74) is 10.9. The average molecular weight is 180 g/mol. The number of nitrogen functional groups attached to an aromatic ring is 1. The van der Waals surface area contributed by atoms with E-state index in [2.05, 4.69) is 0 Å². The molecule has 1 rings (SSSR count). The van der Waals surface area contributed by atoms with Gasteiger partial charge in [-0.1, -0.05) is 6.07 Å². The molecule has 0 aliphatic carbocycles. The van der Waals surface area contributed by atoms with Crippen molar-refractivity contribution in [3.8, 4) is 0 Å². The lowest BCUT2D eigenvalue weighted by molar-refractivity contribution is 0.100. The van der Waals surface area contributed by atoms with Gasteiger partial charge in [0.2, 0.25) is 5.91 Å². The normalized spacial score (nSPS) is 9.69. The Morgan fingerprint density at radius 2 is 2.00 bits per heavy atom. The zero-order chi connectivity index (χ0) is 10.0. The lowest BCUT2D eigenvalue weighted by Gasteiger charge is -2.04. The van der Waals surface area contributed by atoms with Gasteiger partial charge in [-0.15, -0.1) is 0 Å². The summed E-state index contributed by atoms with van der Waals surface area (Å²) in [7, 11) is -1.64. The Bertz CT molecular complexity index is 341. The molecule has 0 aliphatic heterocycles. The first kappa shape index (κ1) is 9.56. The standard InChI is InChI=1S/C7H9BN2O3/c9-6-3-4(7(10)11)1-2-5(6)8(12)13/h1-3,12-13H,9H2,(H2,10,11).